The molecule has 0 saturated heterocycles. The number of aromatic nitrogens is 2. The third kappa shape index (κ3) is 2.57. The highest BCUT2D eigenvalue weighted by Gasteiger charge is 2.18. The first-order chi connectivity index (χ1) is 9.15. The Hall–Kier alpha value is -0.850. The summed E-state index contributed by atoms with van der Waals surface area (Å²) in [6, 6.07) is 1.81. The van der Waals surface area contributed by atoms with Crippen LogP contribution in [0.1, 0.15) is 0 Å². The zero-order valence-corrected chi connectivity index (χ0v) is 13.4. The molecule has 19 heavy (non-hydrogen) atoms. The lowest BCUT2D eigenvalue weighted by Crippen LogP contribution is -1.98. The van der Waals surface area contributed by atoms with Crippen LogP contribution in [0.5, 0.6) is 11.5 Å². The summed E-state index contributed by atoms with van der Waals surface area (Å²) in [5, 5.41) is 2.92. The van der Waals surface area contributed by atoms with Gasteiger partial charge in [-0.05, 0) is 18.6 Å². The summed E-state index contributed by atoms with van der Waals surface area (Å²) in [6.45, 7) is 0. The van der Waals surface area contributed by atoms with E-state index in [9.17, 15) is 0 Å². The van der Waals surface area contributed by atoms with E-state index in [1.165, 1.54) is 11.8 Å². The quantitative estimate of drug-likeness (QED) is 0.486. The van der Waals surface area contributed by atoms with Crippen LogP contribution in [-0.2, 0) is 0 Å². The van der Waals surface area contributed by atoms with Crippen LogP contribution < -0.4 is 9.47 Å². The zero-order valence-electron chi connectivity index (χ0n) is 11.0. The Labute approximate surface area is 125 Å². The predicted molar refractivity (Wildman–Crippen MR) is 81.2 cm³/mol. The first-order valence-corrected chi connectivity index (χ1v) is 8.19. The summed E-state index contributed by atoms with van der Waals surface area (Å²) in [7, 11) is 3.13. The second kappa shape index (κ2) is 6.07. The number of thioether (sulfide) groups is 2. The standard InChI is InChI=1S/C12H13ClN2O2S2/c1-16-9-7(13)5-6-8(10(9)17-2)14-12(19-4)15-11(6)18-3/h5H,1-4H3. The van der Waals surface area contributed by atoms with E-state index in [0.29, 0.717) is 27.2 Å². The van der Waals surface area contributed by atoms with E-state index in [2.05, 4.69) is 9.97 Å². The lowest BCUT2D eigenvalue weighted by atomic mass is 10.2. The van der Waals surface area contributed by atoms with Crippen molar-refractivity contribution in [1.82, 2.24) is 9.97 Å². The minimum atomic E-state index is 0.489. The maximum Gasteiger partial charge on any atom is 0.189 e. The summed E-state index contributed by atoms with van der Waals surface area (Å²) in [5.74, 6) is 1.03. The largest absolute Gasteiger partial charge is 0.491 e. The second-order valence-corrected chi connectivity index (χ2v) is 5.52. The number of halogens is 1. The van der Waals surface area contributed by atoms with E-state index in [-0.39, 0.29) is 0 Å². The highest BCUT2D eigenvalue weighted by Crippen LogP contribution is 2.43. The van der Waals surface area contributed by atoms with Crippen molar-refractivity contribution in [3.05, 3.63) is 11.1 Å². The van der Waals surface area contributed by atoms with Gasteiger partial charge in [0.05, 0.1) is 19.2 Å². The minimum absolute atomic E-state index is 0.489. The van der Waals surface area contributed by atoms with Crippen LogP contribution in [-0.4, -0.2) is 36.7 Å². The Bertz CT molecular complexity index is 622. The number of benzene rings is 1. The Morgan fingerprint density at radius 1 is 1.05 bits per heavy atom. The van der Waals surface area contributed by atoms with Crippen LogP contribution in [0, 0.1) is 0 Å². The van der Waals surface area contributed by atoms with Crippen molar-refractivity contribution in [3.8, 4) is 11.5 Å². The molecule has 0 unspecified atom stereocenters. The van der Waals surface area contributed by atoms with Crippen molar-refractivity contribution < 1.29 is 9.47 Å². The van der Waals surface area contributed by atoms with Crippen LogP contribution in [0.25, 0.3) is 10.9 Å². The Balaban J connectivity index is 2.89. The highest BCUT2D eigenvalue weighted by atomic mass is 35.5. The van der Waals surface area contributed by atoms with Crippen LogP contribution in [0.4, 0.5) is 0 Å². The monoisotopic (exact) mass is 316 g/mol. The van der Waals surface area contributed by atoms with Crippen LogP contribution in [0.3, 0.4) is 0 Å². The molecule has 0 aliphatic carbocycles. The number of hydrogen-bond donors (Lipinski definition) is 0. The molecule has 0 aliphatic heterocycles. The topological polar surface area (TPSA) is 44.2 Å². The van der Waals surface area contributed by atoms with E-state index in [0.717, 1.165) is 10.4 Å². The van der Waals surface area contributed by atoms with Gasteiger partial charge in [-0.3, -0.25) is 0 Å². The van der Waals surface area contributed by atoms with Gasteiger partial charge in [0.25, 0.3) is 0 Å². The van der Waals surface area contributed by atoms with Crippen molar-refractivity contribution in [2.75, 3.05) is 26.7 Å². The number of nitrogens with zero attached hydrogens (tertiary/aromatic N) is 2. The summed E-state index contributed by atoms with van der Waals surface area (Å²) in [4.78, 5) is 8.97. The van der Waals surface area contributed by atoms with Crippen molar-refractivity contribution >= 4 is 46.0 Å². The molecule has 2 rings (SSSR count). The van der Waals surface area contributed by atoms with Gasteiger partial charge < -0.3 is 9.47 Å². The molecule has 2 aromatic rings. The molecule has 0 spiro atoms. The van der Waals surface area contributed by atoms with Gasteiger partial charge in [-0.1, -0.05) is 23.4 Å². The van der Waals surface area contributed by atoms with E-state index >= 15 is 0 Å². The second-order valence-electron chi connectivity index (χ2n) is 3.54. The Kier molecular flexibility index (Phi) is 4.65. The summed E-state index contributed by atoms with van der Waals surface area (Å²) < 4.78 is 10.7. The number of ether oxygens (including phenoxy) is 2. The lowest BCUT2D eigenvalue weighted by molar-refractivity contribution is 0.358. The van der Waals surface area contributed by atoms with Gasteiger partial charge in [-0.2, -0.15) is 0 Å². The lowest BCUT2D eigenvalue weighted by Gasteiger charge is -2.13. The predicted octanol–water partition coefficient (Wildman–Crippen LogP) is 3.74. The molecule has 0 amide bonds. The highest BCUT2D eigenvalue weighted by molar-refractivity contribution is 7.99. The van der Waals surface area contributed by atoms with E-state index < -0.39 is 0 Å². The molecule has 1 heterocycles. The number of hydrogen-bond acceptors (Lipinski definition) is 6. The van der Waals surface area contributed by atoms with E-state index in [1.54, 1.807) is 26.0 Å². The molecule has 102 valence electrons. The SMILES string of the molecule is COc1c(Cl)cc2c(SC)nc(SC)nc2c1OC. The fourth-order valence-electron chi connectivity index (χ4n) is 1.77. The van der Waals surface area contributed by atoms with Crippen LogP contribution in [0.2, 0.25) is 5.02 Å². The van der Waals surface area contributed by atoms with Gasteiger partial charge in [0.2, 0.25) is 0 Å². The van der Waals surface area contributed by atoms with E-state index in [1.807, 2.05) is 18.6 Å². The maximum absolute atomic E-state index is 6.21. The van der Waals surface area contributed by atoms with Crippen LogP contribution >= 0.6 is 35.1 Å². The first kappa shape index (κ1) is 14.6. The van der Waals surface area contributed by atoms with E-state index in [4.69, 9.17) is 21.1 Å². The fraction of sp³-hybridized carbons (Fsp3) is 0.333. The molecule has 0 bridgehead atoms. The van der Waals surface area contributed by atoms with Gasteiger partial charge in [-0.25, -0.2) is 9.97 Å². The summed E-state index contributed by atoms with van der Waals surface area (Å²) >= 11 is 9.25. The normalized spacial score (nSPS) is 10.8. The molecule has 0 fully saturated rings. The fourth-order valence-corrected chi connectivity index (χ4v) is 3.02. The van der Waals surface area contributed by atoms with Crippen molar-refractivity contribution in [2.45, 2.75) is 10.2 Å². The van der Waals surface area contributed by atoms with Crippen molar-refractivity contribution in [1.29, 1.82) is 0 Å². The molecule has 0 atom stereocenters. The van der Waals surface area contributed by atoms with Gasteiger partial charge in [-0.15, -0.1) is 11.8 Å². The van der Waals surface area contributed by atoms with Crippen molar-refractivity contribution in [3.63, 3.8) is 0 Å². The molecule has 0 N–H and O–H groups in total. The van der Waals surface area contributed by atoms with Gasteiger partial charge in [0, 0.05) is 5.39 Å². The molecule has 4 nitrogen and oxygen atoms in total. The zero-order chi connectivity index (χ0) is 14.0. The van der Waals surface area contributed by atoms with Crippen LogP contribution in [0.15, 0.2) is 16.2 Å². The molecule has 7 heteroatoms. The van der Waals surface area contributed by atoms with Crippen molar-refractivity contribution in [2.24, 2.45) is 0 Å². The number of methoxy groups -OCH3 is 2. The minimum Gasteiger partial charge on any atom is -0.491 e. The third-order valence-corrected chi connectivity index (χ3v) is 4.11. The first-order valence-electron chi connectivity index (χ1n) is 5.36. The molecule has 0 aliphatic rings. The number of rotatable bonds is 4. The summed E-state index contributed by atoms with van der Waals surface area (Å²) in [5.41, 5.74) is 0.715. The Morgan fingerprint density at radius 2 is 1.74 bits per heavy atom. The Morgan fingerprint density at radius 3 is 2.26 bits per heavy atom. The molecular formula is C12H13ClN2O2S2. The molecular weight excluding hydrogens is 304 g/mol. The maximum atomic E-state index is 6.21. The van der Waals surface area contributed by atoms with Gasteiger partial charge in [0.1, 0.15) is 10.5 Å². The van der Waals surface area contributed by atoms with Gasteiger partial charge >= 0.3 is 0 Å². The third-order valence-electron chi connectivity index (χ3n) is 2.58. The summed E-state index contributed by atoms with van der Waals surface area (Å²) in [6.07, 6.45) is 3.90. The molecule has 0 radical (unpaired) electrons. The van der Waals surface area contributed by atoms with Gasteiger partial charge in [0.15, 0.2) is 16.7 Å². The smallest absolute Gasteiger partial charge is 0.189 e. The molecule has 1 aromatic carbocycles. The number of fused-ring (bicyclic) bond motifs is 1. The average Bonchev–Trinajstić information content (AvgIpc) is 2.44. The average molecular weight is 317 g/mol. The molecule has 0 saturated carbocycles. The molecule has 1 aromatic heterocycles.